The van der Waals surface area contributed by atoms with Crippen molar-refractivity contribution in [2.75, 3.05) is 17.3 Å². The molecule has 1 aromatic carbocycles. The third kappa shape index (κ3) is 3.09. The van der Waals surface area contributed by atoms with Crippen molar-refractivity contribution in [3.05, 3.63) is 23.8 Å². The van der Waals surface area contributed by atoms with E-state index in [1.807, 2.05) is 18.2 Å². The van der Waals surface area contributed by atoms with Crippen molar-refractivity contribution < 1.29 is 9.59 Å². The van der Waals surface area contributed by atoms with Crippen molar-refractivity contribution in [3.8, 4) is 0 Å². The zero-order valence-corrected chi connectivity index (χ0v) is 12.5. The summed E-state index contributed by atoms with van der Waals surface area (Å²) in [4.78, 5) is 25.4. The van der Waals surface area contributed by atoms with E-state index in [0.29, 0.717) is 18.8 Å². The van der Waals surface area contributed by atoms with Gasteiger partial charge < -0.3 is 10.2 Å². The number of rotatable bonds is 3. The van der Waals surface area contributed by atoms with Crippen LogP contribution >= 0.6 is 0 Å². The van der Waals surface area contributed by atoms with Crippen molar-refractivity contribution in [2.45, 2.75) is 44.9 Å². The number of benzene rings is 1. The quantitative estimate of drug-likeness (QED) is 0.928. The number of nitrogens with zero attached hydrogens (tertiary/aromatic N) is 1. The van der Waals surface area contributed by atoms with Gasteiger partial charge in [0.2, 0.25) is 11.8 Å². The Kier molecular flexibility index (Phi) is 3.95. The number of aryl methyl sites for hydroxylation is 1. The van der Waals surface area contributed by atoms with Crippen molar-refractivity contribution in [1.82, 2.24) is 0 Å². The third-order valence-electron chi connectivity index (χ3n) is 4.66. The molecule has 4 heteroatoms. The molecule has 0 unspecified atom stereocenters. The molecule has 0 radical (unpaired) electrons. The molecule has 1 aromatic rings. The summed E-state index contributed by atoms with van der Waals surface area (Å²) in [5.41, 5.74) is 2.94. The van der Waals surface area contributed by atoms with Gasteiger partial charge in [-0.2, -0.15) is 0 Å². The average Bonchev–Trinajstić information content (AvgIpc) is 2.96. The summed E-state index contributed by atoms with van der Waals surface area (Å²) in [5.74, 6) is 0.828. The molecule has 21 heavy (non-hydrogen) atoms. The second-order valence-electron chi connectivity index (χ2n) is 6.20. The maximum absolute atomic E-state index is 12.1. The summed E-state index contributed by atoms with van der Waals surface area (Å²) in [6.45, 7) is 0. The first-order valence-electron chi connectivity index (χ1n) is 7.83. The lowest BCUT2D eigenvalue weighted by Gasteiger charge is -2.26. The van der Waals surface area contributed by atoms with Gasteiger partial charge in [0.25, 0.3) is 0 Å². The summed E-state index contributed by atoms with van der Waals surface area (Å²) in [7, 11) is 1.80. The van der Waals surface area contributed by atoms with Gasteiger partial charge in [0, 0.05) is 31.3 Å². The number of hydrogen-bond acceptors (Lipinski definition) is 2. The van der Waals surface area contributed by atoms with Gasteiger partial charge in [-0.1, -0.05) is 12.8 Å². The number of fused-ring (bicyclic) bond motifs is 1. The van der Waals surface area contributed by atoms with E-state index in [0.717, 1.165) is 23.4 Å². The van der Waals surface area contributed by atoms with Crippen molar-refractivity contribution >= 4 is 23.2 Å². The fourth-order valence-electron chi connectivity index (χ4n) is 3.42. The molecule has 1 N–H and O–H groups in total. The van der Waals surface area contributed by atoms with E-state index in [4.69, 9.17) is 0 Å². The highest BCUT2D eigenvalue weighted by molar-refractivity contribution is 5.97. The molecule has 0 saturated heterocycles. The first-order chi connectivity index (χ1) is 10.1. The summed E-state index contributed by atoms with van der Waals surface area (Å²) in [5, 5.41) is 3.00. The molecule has 3 rings (SSSR count). The maximum Gasteiger partial charge on any atom is 0.227 e. The highest BCUT2D eigenvalue weighted by Gasteiger charge is 2.22. The van der Waals surface area contributed by atoms with E-state index in [1.165, 1.54) is 25.7 Å². The normalized spacial score (nSPS) is 18.7. The molecule has 0 aromatic heterocycles. The highest BCUT2D eigenvalue weighted by Crippen LogP contribution is 2.30. The van der Waals surface area contributed by atoms with Gasteiger partial charge in [0.05, 0.1) is 0 Å². The van der Waals surface area contributed by atoms with Crippen LogP contribution in [0, 0.1) is 5.92 Å². The van der Waals surface area contributed by atoms with Gasteiger partial charge >= 0.3 is 0 Å². The predicted octanol–water partition coefficient (Wildman–Crippen LogP) is 3.11. The van der Waals surface area contributed by atoms with Gasteiger partial charge in [-0.25, -0.2) is 0 Å². The molecule has 1 saturated carbocycles. The predicted molar refractivity (Wildman–Crippen MR) is 83.4 cm³/mol. The van der Waals surface area contributed by atoms with E-state index in [2.05, 4.69) is 5.32 Å². The number of carbonyl (C=O) groups excluding carboxylic acids is 2. The number of amides is 2. The zero-order chi connectivity index (χ0) is 14.8. The van der Waals surface area contributed by atoms with Crippen molar-refractivity contribution in [1.29, 1.82) is 0 Å². The molecule has 0 bridgehead atoms. The lowest BCUT2D eigenvalue weighted by molar-refractivity contribution is -0.119. The largest absolute Gasteiger partial charge is 0.326 e. The maximum atomic E-state index is 12.1. The molecule has 0 atom stereocenters. The molecule has 1 fully saturated rings. The first kappa shape index (κ1) is 14.1. The third-order valence-corrected chi connectivity index (χ3v) is 4.66. The number of anilines is 2. The van der Waals surface area contributed by atoms with Crippen LogP contribution in [0.5, 0.6) is 0 Å². The smallest absolute Gasteiger partial charge is 0.227 e. The second-order valence-corrected chi connectivity index (χ2v) is 6.20. The van der Waals surface area contributed by atoms with Gasteiger partial charge in [-0.3, -0.25) is 9.59 Å². The molecule has 112 valence electrons. The fourth-order valence-corrected chi connectivity index (χ4v) is 3.42. The van der Waals surface area contributed by atoms with Crippen LogP contribution in [0.4, 0.5) is 11.4 Å². The van der Waals surface area contributed by atoms with Crippen LogP contribution in [0.1, 0.15) is 44.1 Å². The Morgan fingerprint density at radius 2 is 2.05 bits per heavy atom. The molecule has 1 aliphatic heterocycles. The summed E-state index contributed by atoms with van der Waals surface area (Å²) < 4.78 is 0. The Morgan fingerprint density at radius 3 is 2.81 bits per heavy atom. The fraction of sp³-hybridized carbons (Fsp3) is 0.529. The zero-order valence-electron chi connectivity index (χ0n) is 12.5. The Labute approximate surface area is 125 Å². The Morgan fingerprint density at radius 1 is 1.29 bits per heavy atom. The standard InChI is InChI=1S/C17H22N2O2/c1-19-15-8-7-14(11-13(15)6-9-17(19)21)18-16(20)10-12-4-2-3-5-12/h7-8,11-12H,2-6,9-10H2,1H3,(H,18,20). The minimum absolute atomic E-state index is 0.113. The van der Waals surface area contributed by atoms with Crippen LogP contribution in [0.3, 0.4) is 0 Å². The van der Waals surface area contributed by atoms with Gasteiger partial charge in [0.15, 0.2) is 0 Å². The Bertz CT molecular complexity index is 562. The minimum Gasteiger partial charge on any atom is -0.326 e. The summed E-state index contributed by atoms with van der Waals surface area (Å²) in [6.07, 6.45) is 6.83. The van der Waals surface area contributed by atoms with Crippen molar-refractivity contribution in [2.24, 2.45) is 5.92 Å². The van der Waals surface area contributed by atoms with E-state index < -0.39 is 0 Å². The van der Waals surface area contributed by atoms with Crippen LogP contribution in [-0.2, 0) is 16.0 Å². The summed E-state index contributed by atoms with van der Waals surface area (Å²) >= 11 is 0. The summed E-state index contributed by atoms with van der Waals surface area (Å²) in [6, 6.07) is 5.82. The SMILES string of the molecule is CN1C(=O)CCc2cc(NC(=O)CC3CCCC3)ccc21. The number of carbonyl (C=O) groups is 2. The van der Waals surface area contributed by atoms with Crippen LogP contribution in [0.25, 0.3) is 0 Å². The molecular weight excluding hydrogens is 264 g/mol. The van der Waals surface area contributed by atoms with Gasteiger partial charge in [-0.05, 0) is 48.9 Å². The lowest BCUT2D eigenvalue weighted by Crippen LogP contribution is -2.31. The monoisotopic (exact) mass is 286 g/mol. The van der Waals surface area contributed by atoms with Crippen LogP contribution in [0.15, 0.2) is 18.2 Å². The van der Waals surface area contributed by atoms with Gasteiger partial charge in [0.1, 0.15) is 0 Å². The molecule has 2 amide bonds. The second kappa shape index (κ2) is 5.88. The molecule has 2 aliphatic rings. The number of nitrogens with one attached hydrogen (secondary N) is 1. The van der Waals surface area contributed by atoms with E-state index >= 15 is 0 Å². The topological polar surface area (TPSA) is 49.4 Å². The molecule has 0 spiro atoms. The highest BCUT2D eigenvalue weighted by atomic mass is 16.2. The molecular formula is C17H22N2O2. The van der Waals surface area contributed by atoms with Crippen LogP contribution < -0.4 is 10.2 Å². The van der Waals surface area contributed by atoms with Crippen LogP contribution in [-0.4, -0.2) is 18.9 Å². The lowest BCUT2D eigenvalue weighted by atomic mass is 10.0. The van der Waals surface area contributed by atoms with Gasteiger partial charge in [-0.15, -0.1) is 0 Å². The average molecular weight is 286 g/mol. The molecule has 1 heterocycles. The van der Waals surface area contributed by atoms with E-state index in [-0.39, 0.29) is 11.8 Å². The molecule has 4 nitrogen and oxygen atoms in total. The number of hydrogen-bond donors (Lipinski definition) is 1. The van der Waals surface area contributed by atoms with E-state index in [1.54, 1.807) is 11.9 Å². The minimum atomic E-state index is 0.113. The van der Waals surface area contributed by atoms with E-state index in [9.17, 15) is 9.59 Å². The molecule has 1 aliphatic carbocycles. The first-order valence-corrected chi connectivity index (χ1v) is 7.83. The van der Waals surface area contributed by atoms with Crippen molar-refractivity contribution in [3.63, 3.8) is 0 Å². The Hall–Kier alpha value is -1.84. The van der Waals surface area contributed by atoms with Crippen LogP contribution in [0.2, 0.25) is 0 Å². The Balaban J connectivity index is 1.66.